The van der Waals surface area contributed by atoms with Crippen LogP contribution in [0.5, 0.6) is 0 Å². The minimum absolute atomic E-state index is 0.0845. The Kier molecular flexibility index (Phi) is 5.37. The molecular weight excluding hydrogens is 448 g/mol. The van der Waals surface area contributed by atoms with Gasteiger partial charge in [-0.05, 0) is 41.9 Å². The van der Waals surface area contributed by atoms with Gasteiger partial charge in [0.15, 0.2) is 11.2 Å². The normalized spacial score (nSPS) is 20.3. The fourth-order valence-corrected chi connectivity index (χ4v) is 5.28. The highest BCUT2D eigenvalue weighted by Gasteiger charge is 2.46. The first-order valence-electron chi connectivity index (χ1n) is 11.5. The van der Waals surface area contributed by atoms with Gasteiger partial charge in [0.1, 0.15) is 5.69 Å². The van der Waals surface area contributed by atoms with Crippen LogP contribution >= 0.6 is 0 Å². The molecule has 2 saturated carbocycles. The van der Waals surface area contributed by atoms with Crippen LogP contribution in [0.25, 0.3) is 22.2 Å². The number of aromatic amines is 1. The lowest BCUT2D eigenvalue weighted by Gasteiger charge is -2.36. The van der Waals surface area contributed by atoms with E-state index in [1.54, 1.807) is 18.2 Å². The molecule has 0 spiro atoms. The summed E-state index contributed by atoms with van der Waals surface area (Å²) in [7, 11) is 0. The second kappa shape index (κ2) is 8.03. The highest BCUT2D eigenvalue weighted by molar-refractivity contribution is 6.04. The third kappa shape index (κ3) is 4.14. The lowest BCUT2D eigenvalue weighted by atomic mass is 9.74. The van der Waals surface area contributed by atoms with E-state index < -0.39 is 11.8 Å². The van der Waals surface area contributed by atoms with E-state index in [4.69, 9.17) is 0 Å². The molecule has 1 aromatic carbocycles. The predicted molar refractivity (Wildman–Crippen MR) is 121 cm³/mol. The lowest BCUT2D eigenvalue weighted by Crippen LogP contribution is -2.33. The van der Waals surface area contributed by atoms with Crippen molar-refractivity contribution in [1.82, 2.24) is 9.97 Å². The van der Waals surface area contributed by atoms with E-state index in [-0.39, 0.29) is 72.7 Å². The number of fused-ring (bicyclic) bond motifs is 1. The third-order valence-electron chi connectivity index (χ3n) is 7.16. The average Bonchev–Trinajstić information content (AvgIpc) is 2.76. The Labute approximate surface area is 193 Å². The van der Waals surface area contributed by atoms with E-state index in [9.17, 15) is 27.2 Å². The van der Waals surface area contributed by atoms with Crippen molar-refractivity contribution < 1.29 is 22.4 Å². The van der Waals surface area contributed by atoms with Gasteiger partial charge in [-0.3, -0.25) is 14.6 Å². The standard InChI is InChI=1S/C26H24F4N2O2/c1-14(33)24-23-20(6-9-31-24)32-21(11-22(23)34)18-3-2-16(17-12-26(29,30)13-17)10-19(18)15-4-7-25(27,28)8-5-15/h2-3,6,9-11,15,17H,4-5,7-8,12-13H2,1H3,(H,32,34). The number of halogens is 4. The number of Topliss-reactive ketones (excluding diaryl/α,β-unsaturated/α-hetero) is 1. The van der Waals surface area contributed by atoms with Gasteiger partial charge < -0.3 is 4.98 Å². The highest BCUT2D eigenvalue weighted by atomic mass is 19.3. The Morgan fingerprint density at radius 3 is 2.35 bits per heavy atom. The highest BCUT2D eigenvalue weighted by Crippen LogP contribution is 2.50. The largest absolute Gasteiger partial charge is 0.354 e. The van der Waals surface area contributed by atoms with E-state index in [2.05, 4.69) is 9.97 Å². The molecule has 0 aliphatic heterocycles. The Balaban J connectivity index is 1.61. The third-order valence-corrected chi connectivity index (χ3v) is 7.16. The first-order valence-corrected chi connectivity index (χ1v) is 11.5. The minimum atomic E-state index is -2.70. The van der Waals surface area contributed by atoms with E-state index >= 15 is 0 Å². The SMILES string of the molecule is CC(=O)c1nccc2[nH]c(-c3ccc(C4CC(F)(F)C4)cc3C3CCC(F)(F)CC3)cc(=O)c12. The van der Waals surface area contributed by atoms with Crippen LogP contribution in [-0.2, 0) is 0 Å². The number of hydrogen-bond donors (Lipinski definition) is 1. The van der Waals surface area contributed by atoms with Crippen molar-refractivity contribution in [2.24, 2.45) is 0 Å². The van der Waals surface area contributed by atoms with Crippen molar-refractivity contribution in [3.8, 4) is 11.3 Å². The quantitative estimate of drug-likeness (QED) is 0.344. The monoisotopic (exact) mass is 472 g/mol. The number of pyridine rings is 2. The molecule has 5 rings (SSSR count). The van der Waals surface area contributed by atoms with E-state index in [0.717, 1.165) is 11.1 Å². The number of H-pyrrole nitrogens is 1. The number of carbonyl (C=O) groups excluding carboxylic acids is 1. The van der Waals surface area contributed by atoms with Gasteiger partial charge in [0.2, 0.25) is 11.8 Å². The van der Waals surface area contributed by atoms with Gasteiger partial charge in [-0.1, -0.05) is 18.2 Å². The Morgan fingerprint density at radius 1 is 1.00 bits per heavy atom. The first kappa shape index (κ1) is 22.7. The van der Waals surface area contributed by atoms with Crippen LogP contribution in [0, 0.1) is 0 Å². The van der Waals surface area contributed by atoms with Gasteiger partial charge in [0, 0.05) is 56.1 Å². The average molecular weight is 472 g/mol. The van der Waals surface area contributed by atoms with E-state index in [1.165, 1.54) is 19.2 Å². The maximum atomic E-state index is 13.8. The van der Waals surface area contributed by atoms with Gasteiger partial charge >= 0.3 is 0 Å². The molecule has 0 saturated heterocycles. The van der Waals surface area contributed by atoms with Crippen LogP contribution in [0.2, 0.25) is 0 Å². The summed E-state index contributed by atoms with van der Waals surface area (Å²) in [5, 5.41) is 0.200. The van der Waals surface area contributed by atoms with Gasteiger partial charge in [0.25, 0.3) is 0 Å². The second-order valence-electron chi connectivity index (χ2n) is 9.62. The fraction of sp³-hybridized carbons (Fsp3) is 0.423. The summed E-state index contributed by atoms with van der Waals surface area (Å²) in [5.41, 5.74) is 2.91. The summed E-state index contributed by atoms with van der Waals surface area (Å²) in [6, 6.07) is 8.44. The van der Waals surface area contributed by atoms with Crippen LogP contribution in [-0.4, -0.2) is 27.6 Å². The number of nitrogens with one attached hydrogen (secondary N) is 1. The van der Waals surface area contributed by atoms with Gasteiger partial charge in [-0.15, -0.1) is 0 Å². The van der Waals surface area contributed by atoms with E-state index in [0.29, 0.717) is 16.8 Å². The Bertz CT molecular complexity index is 1330. The molecule has 2 aromatic heterocycles. The first-order chi connectivity index (χ1) is 16.0. The predicted octanol–water partition coefficient (Wildman–Crippen LogP) is 6.60. The van der Waals surface area contributed by atoms with Crippen molar-refractivity contribution in [3.05, 3.63) is 63.6 Å². The Hall–Kier alpha value is -3.03. The van der Waals surface area contributed by atoms with Gasteiger partial charge in [0.05, 0.1) is 10.9 Å². The molecule has 2 aliphatic carbocycles. The number of hydrogen-bond acceptors (Lipinski definition) is 3. The number of aromatic nitrogens is 2. The molecular formula is C26H24F4N2O2. The fourth-order valence-electron chi connectivity index (χ4n) is 5.28. The molecule has 8 heteroatoms. The van der Waals surface area contributed by atoms with Crippen LogP contribution in [0.15, 0.2) is 41.3 Å². The smallest absolute Gasteiger partial charge is 0.249 e. The molecule has 4 nitrogen and oxygen atoms in total. The van der Waals surface area contributed by atoms with Gasteiger partial charge in [-0.2, -0.15) is 0 Å². The summed E-state index contributed by atoms with van der Waals surface area (Å²) in [6.07, 6.45) is 1.10. The maximum absolute atomic E-state index is 13.8. The number of nitrogens with zero attached hydrogens (tertiary/aromatic N) is 1. The molecule has 3 aromatic rings. The topological polar surface area (TPSA) is 62.8 Å². The zero-order chi connectivity index (χ0) is 24.3. The maximum Gasteiger partial charge on any atom is 0.249 e. The van der Waals surface area contributed by atoms with Crippen molar-refractivity contribution >= 4 is 16.7 Å². The second-order valence-corrected chi connectivity index (χ2v) is 9.62. The van der Waals surface area contributed by atoms with Crippen molar-refractivity contribution in [1.29, 1.82) is 0 Å². The molecule has 34 heavy (non-hydrogen) atoms. The van der Waals surface area contributed by atoms with Crippen LogP contribution in [0.3, 0.4) is 0 Å². The van der Waals surface area contributed by atoms with E-state index in [1.807, 2.05) is 6.07 Å². The lowest BCUT2D eigenvalue weighted by molar-refractivity contribution is -0.0868. The number of benzene rings is 1. The molecule has 1 N–H and O–H groups in total. The minimum Gasteiger partial charge on any atom is -0.354 e. The molecule has 178 valence electrons. The molecule has 0 unspecified atom stereocenters. The van der Waals surface area contributed by atoms with Crippen molar-refractivity contribution in [3.63, 3.8) is 0 Å². The summed E-state index contributed by atoms with van der Waals surface area (Å²) in [4.78, 5) is 32.1. The van der Waals surface area contributed by atoms with Crippen molar-refractivity contribution in [2.75, 3.05) is 0 Å². The number of ketones is 1. The molecule has 2 aliphatic rings. The Morgan fingerprint density at radius 2 is 1.71 bits per heavy atom. The molecule has 2 fully saturated rings. The van der Waals surface area contributed by atoms with Crippen LogP contribution in [0.1, 0.15) is 78.9 Å². The van der Waals surface area contributed by atoms with Crippen LogP contribution < -0.4 is 5.43 Å². The molecule has 0 atom stereocenters. The number of carbonyl (C=O) groups is 1. The zero-order valence-corrected chi connectivity index (χ0v) is 18.6. The summed E-state index contributed by atoms with van der Waals surface area (Å²) in [5.74, 6) is -6.12. The number of rotatable bonds is 4. The van der Waals surface area contributed by atoms with Crippen molar-refractivity contribution in [2.45, 2.75) is 69.1 Å². The molecule has 2 heterocycles. The summed E-state index contributed by atoms with van der Waals surface area (Å²) >= 11 is 0. The van der Waals surface area contributed by atoms with Crippen LogP contribution in [0.4, 0.5) is 17.6 Å². The summed E-state index contributed by atoms with van der Waals surface area (Å²) < 4.78 is 54.7. The molecule has 0 amide bonds. The zero-order valence-electron chi connectivity index (χ0n) is 18.6. The van der Waals surface area contributed by atoms with Gasteiger partial charge in [-0.25, -0.2) is 17.6 Å². The number of alkyl halides is 4. The molecule has 0 radical (unpaired) electrons. The summed E-state index contributed by atoms with van der Waals surface area (Å²) in [6.45, 7) is 1.34. The molecule has 0 bridgehead atoms.